The maximum absolute atomic E-state index is 12.9. The number of hydrogen-bond donors (Lipinski definition) is 2. The molecule has 31 heavy (non-hydrogen) atoms. The maximum atomic E-state index is 12.9. The number of hydrogen-bond acceptors (Lipinski definition) is 4. The first-order valence-electron chi connectivity index (χ1n) is 9.59. The summed E-state index contributed by atoms with van der Waals surface area (Å²) in [6.07, 6.45) is 1.63. The van der Waals surface area contributed by atoms with E-state index in [4.69, 9.17) is 10.8 Å². The molecule has 7 nitrogen and oxygen atoms in total. The fraction of sp³-hybridized carbons (Fsp3) is 0.130. The Hall–Kier alpha value is -3.65. The number of sulfonamides is 1. The second kappa shape index (κ2) is 9.44. The van der Waals surface area contributed by atoms with Crippen molar-refractivity contribution in [3.8, 4) is 0 Å². The predicted octanol–water partition coefficient (Wildman–Crippen LogP) is 3.31. The minimum atomic E-state index is -3.71. The van der Waals surface area contributed by atoms with Gasteiger partial charge < -0.3 is 10.8 Å². The van der Waals surface area contributed by atoms with E-state index in [2.05, 4.69) is 0 Å². The zero-order valence-electron chi connectivity index (χ0n) is 16.6. The van der Waals surface area contributed by atoms with Crippen LogP contribution in [0.2, 0.25) is 0 Å². The zero-order chi connectivity index (χ0) is 22.4. The normalized spacial score (nSPS) is 12.8. The third kappa shape index (κ3) is 5.10. The van der Waals surface area contributed by atoms with Gasteiger partial charge in [-0.15, -0.1) is 0 Å². The fourth-order valence-corrected chi connectivity index (χ4v) is 4.85. The van der Waals surface area contributed by atoms with Crippen molar-refractivity contribution in [2.75, 3.05) is 10.8 Å². The van der Waals surface area contributed by atoms with Gasteiger partial charge in [-0.3, -0.25) is 9.10 Å². The van der Waals surface area contributed by atoms with Crippen LogP contribution in [0.15, 0.2) is 83.8 Å². The molecule has 3 N–H and O–H groups in total. The number of aryl methyl sites for hydroxylation is 1. The molecule has 3 aromatic carbocycles. The number of benzene rings is 3. The van der Waals surface area contributed by atoms with Crippen LogP contribution >= 0.6 is 0 Å². The van der Waals surface area contributed by atoms with Gasteiger partial charge in [0.05, 0.1) is 16.1 Å². The number of anilines is 1. The number of fused-ring (bicyclic) bond motifs is 1. The molecule has 0 fully saturated rings. The Kier molecular flexibility index (Phi) is 6.71. The van der Waals surface area contributed by atoms with E-state index in [0.717, 1.165) is 18.4 Å². The molecule has 4 rings (SSSR count). The van der Waals surface area contributed by atoms with Gasteiger partial charge in [-0.2, -0.15) is 0 Å². The van der Waals surface area contributed by atoms with Crippen LogP contribution in [0.3, 0.4) is 0 Å². The monoisotopic (exact) mass is 438 g/mol. The molecule has 0 aliphatic carbocycles. The number of amides is 1. The van der Waals surface area contributed by atoms with E-state index >= 15 is 0 Å². The van der Waals surface area contributed by atoms with Gasteiger partial charge >= 0.3 is 5.97 Å². The van der Waals surface area contributed by atoms with E-state index in [1.807, 2.05) is 24.3 Å². The van der Waals surface area contributed by atoms with Crippen molar-refractivity contribution >= 4 is 27.6 Å². The lowest BCUT2D eigenvalue weighted by Crippen LogP contribution is -2.35. The summed E-state index contributed by atoms with van der Waals surface area (Å²) in [6.45, 7) is 0.431. The molecular formula is C23H22N2O5S. The molecule has 0 spiro atoms. The largest absolute Gasteiger partial charge is 0.478 e. The third-order valence-corrected chi connectivity index (χ3v) is 6.60. The van der Waals surface area contributed by atoms with Gasteiger partial charge in [0.25, 0.3) is 10.0 Å². The third-order valence-electron chi connectivity index (χ3n) is 4.79. The lowest BCUT2D eigenvalue weighted by Gasteiger charge is -2.30. The van der Waals surface area contributed by atoms with Gasteiger partial charge in [-0.25, -0.2) is 13.2 Å². The molecule has 0 bridgehead atoms. The standard InChI is InChI=1S/C16H16N2O3S.C7H6O2/c17-16(19)13-6-3-8-14(11-13)22(20,21)18-10-4-7-12-5-1-2-9-15(12)18;8-7(9)6-4-2-1-3-5-6/h1-3,5-6,8-9,11H,4,7,10H2,(H2,17,19);1-5H,(H,8,9). The van der Waals surface area contributed by atoms with Crippen LogP contribution in [0, 0.1) is 0 Å². The molecule has 1 heterocycles. The highest BCUT2D eigenvalue weighted by molar-refractivity contribution is 7.92. The van der Waals surface area contributed by atoms with Gasteiger partial charge in [0.2, 0.25) is 5.91 Å². The molecule has 0 unspecified atom stereocenters. The predicted molar refractivity (Wildman–Crippen MR) is 118 cm³/mol. The van der Waals surface area contributed by atoms with Gasteiger partial charge in [0.1, 0.15) is 0 Å². The Balaban J connectivity index is 0.000000254. The molecular weight excluding hydrogens is 416 g/mol. The molecule has 0 saturated heterocycles. The van der Waals surface area contributed by atoms with E-state index in [9.17, 15) is 18.0 Å². The maximum Gasteiger partial charge on any atom is 0.335 e. The summed E-state index contributed by atoms with van der Waals surface area (Å²) in [5, 5.41) is 8.38. The first kappa shape index (κ1) is 22.0. The number of carbonyl (C=O) groups excluding carboxylic acids is 1. The average Bonchev–Trinajstić information content (AvgIpc) is 2.79. The highest BCUT2D eigenvalue weighted by atomic mass is 32.2. The lowest BCUT2D eigenvalue weighted by molar-refractivity contribution is 0.0696. The second-order valence-electron chi connectivity index (χ2n) is 6.87. The number of carbonyl (C=O) groups is 2. The number of nitrogens with two attached hydrogens (primary N) is 1. The number of primary amides is 1. The van der Waals surface area contributed by atoms with Crippen molar-refractivity contribution < 1.29 is 23.1 Å². The Labute approximate surface area is 180 Å². The number of rotatable bonds is 4. The topological polar surface area (TPSA) is 118 Å². The summed E-state index contributed by atoms with van der Waals surface area (Å²) in [4.78, 5) is 21.6. The minimum absolute atomic E-state index is 0.0838. The summed E-state index contributed by atoms with van der Waals surface area (Å²) in [6, 6.07) is 21.6. The van der Waals surface area contributed by atoms with E-state index in [0.29, 0.717) is 17.8 Å². The van der Waals surface area contributed by atoms with E-state index < -0.39 is 21.9 Å². The SMILES string of the molecule is NC(=O)c1cccc(S(=O)(=O)N2CCCc3ccccc32)c1.O=C(O)c1ccccc1. The van der Waals surface area contributed by atoms with Gasteiger partial charge in [0.15, 0.2) is 0 Å². The van der Waals surface area contributed by atoms with Gasteiger partial charge in [-0.05, 0) is 54.8 Å². The second-order valence-corrected chi connectivity index (χ2v) is 8.74. The number of aromatic carboxylic acids is 1. The van der Waals surface area contributed by atoms with Crippen molar-refractivity contribution in [2.24, 2.45) is 5.73 Å². The van der Waals surface area contributed by atoms with Gasteiger partial charge in [0, 0.05) is 12.1 Å². The Morgan fingerprint density at radius 3 is 2.16 bits per heavy atom. The van der Waals surface area contributed by atoms with Crippen molar-refractivity contribution in [1.29, 1.82) is 0 Å². The first-order chi connectivity index (χ1) is 14.8. The average molecular weight is 439 g/mol. The molecule has 3 aromatic rings. The summed E-state index contributed by atoms with van der Waals surface area (Å²) in [5.41, 5.74) is 7.47. The molecule has 0 radical (unpaired) electrons. The van der Waals surface area contributed by atoms with E-state index in [-0.39, 0.29) is 10.5 Å². The van der Waals surface area contributed by atoms with E-state index in [1.165, 1.54) is 28.6 Å². The van der Waals surface area contributed by atoms with Crippen LogP contribution in [-0.4, -0.2) is 31.9 Å². The number of carboxylic acid groups (broad SMARTS) is 1. The Morgan fingerprint density at radius 2 is 1.52 bits per heavy atom. The molecule has 8 heteroatoms. The van der Waals surface area contributed by atoms with Crippen LogP contribution in [0.4, 0.5) is 5.69 Å². The van der Waals surface area contributed by atoms with Crippen molar-refractivity contribution in [3.05, 3.63) is 95.6 Å². The molecule has 1 aliphatic heterocycles. The molecule has 0 aromatic heterocycles. The highest BCUT2D eigenvalue weighted by Gasteiger charge is 2.29. The molecule has 0 atom stereocenters. The zero-order valence-corrected chi connectivity index (χ0v) is 17.5. The fourth-order valence-electron chi connectivity index (χ4n) is 3.27. The molecule has 1 aliphatic rings. The van der Waals surface area contributed by atoms with Crippen LogP contribution in [0.25, 0.3) is 0 Å². The van der Waals surface area contributed by atoms with Crippen LogP contribution in [0.5, 0.6) is 0 Å². The number of para-hydroxylation sites is 1. The van der Waals surface area contributed by atoms with Crippen molar-refractivity contribution in [3.63, 3.8) is 0 Å². The summed E-state index contributed by atoms with van der Waals surface area (Å²) in [7, 11) is -3.71. The number of nitrogens with zero attached hydrogens (tertiary/aromatic N) is 1. The van der Waals surface area contributed by atoms with Crippen LogP contribution < -0.4 is 10.0 Å². The number of carboxylic acids is 1. The first-order valence-corrected chi connectivity index (χ1v) is 11.0. The Bertz CT molecular complexity index is 1190. The van der Waals surface area contributed by atoms with Gasteiger partial charge in [-0.1, -0.05) is 42.5 Å². The van der Waals surface area contributed by atoms with Crippen molar-refractivity contribution in [1.82, 2.24) is 0 Å². The van der Waals surface area contributed by atoms with Crippen LogP contribution in [-0.2, 0) is 16.4 Å². The van der Waals surface area contributed by atoms with Crippen molar-refractivity contribution in [2.45, 2.75) is 17.7 Å². The summed E-state index contributed by atoms with van der Waals surface area (Å²) >= 11 is 0. The molecule has 0 saturated carbocycles. The lowest BCUT2D eigenvalue weighted by atomic mass is 10.0. The smallest absolute Gasteiger partial charge is 0.335 e. The quantitative estimate of drug-likeness (QED) is 0.648. The minimum Gasteiger partial charge on any atom is -0.478 e. The summed E-state index contributed by atoms with van der Waals surface area (Å²) in [5.74, 6) is -1.52. The Morgan fingerprint density at radius 1 is 0.871 bits per heavy atom. The molecule has 160 valence electrons. The molecule has 1 amide bonds. The highest BCUT2D eigenvalue weighted by Crippen LogP contribution is 2.31. The van der Waals surface area contributed by atoms with Crippen LogP contribution in [0.1, 0.15) is 32.7 Å². The van der Waals surface area contributed by atoms with E-state index in [1.54, 1.807) is 30.3 Å². The summed E-state index contributed by atoms with van der Waals surface area (Å²) < 4.78 is 27.2.